The number of ether oxygens (including phenoxy) is 1. The number of hydrogen-bond acceptors (Lipinski definition) is 7. The minimum absolute atomic E-state index is 0.0301. The summed E-state index contributed by atoms with van der Waals surface area (Å²) in [4.78, 5) is 35.0. The van der Waals surface area contributed by atoms with Crippen molar-refractivity contribution in [1.29, 1.82) is 0 Å². The average Bonchev–Trinajstić information content (AvgIpc) is 3.11. The van der Waals surface area contributed by atoms with E-state index in [2.05, 4.69) is 27.1 Å². The fourth-order valence-corrected chi connectivity index (χ4v) is 3.48. The molecule has 174 valence electrons. The van der Waals surface area contributed by atoms with Crippen LogP contribution in [0.5, 0.6) is 0 Å². The monoisotopic (exact) mass is 454 g/mol. The molecule has 2 aromatic rings. The number of imidazole rings is 1. The predicted octanol–water partition coefficient (Wildman–Crippen LogP) is 1.34. The number of aromatic nitrogens is 4. The van der Waals surface area contributed by atoms with Crippen LogP contribution in [0, 0.1) is 11.8 Å². The standard InChI is InChI=1S/C20H25F3N6O3/c1-4-6-8-13-25-16-15(17(30)27(13)3)29(10-7-5-2)19(26-16)28-11-9-24-12-14(28)32-18(31)20(21,22)23/h14,24H,4,6,8-12H2,1-3H3. The van der Waals surface area contributed by atoms with E-state index in [4.69, 9.17) is 4.74 Å². The number of nitrogens with one attached hydrogen (secondary N) is 1. The number of carbonyl (C=O) groups is 1. The van der Waals surface area contributed by atoms with Crippen LogP contribution in [0.3, 0.4) is 0 Å². The van der Waals surface area contributed by atoms with E-state index in [1.54, 1.807) is 14.0 Å². The SMILES string of the molecule is CC#CCn1c(N2CCNCC2OC(=O)C(F)(F)F)nc2nc(CCCC)n(C)c(=O)c21. The molecule has 0 saturated carbocycles. The molecule has 0 aliphatic carbocycles. The second-order valence-corrected chi connectivity index (χ2v) is 7.35. The van der Waals surface area contributed by atoms with Crippen molar-refractivity contribution in [2.75, 3.05) is 24.5 Å². The Hall–Kier alpha value is -3.07. The highest BCUT2D eigenvalue weighted by Crippen LogP contribution is 2.25. The second-order valence-electron chi connectivity index (χ2n) is 7.35. The van der Waals surface area contributed by atoms with Gasteiger partial charge in [0.25, 0.3) is 5.56 Å². The number of esters is 1. The van der Waals surface area contributed by atoms with Crippen LogP contribution in [-0.2, 0) is 29.5 Å². The zero-order valence-corrected chi connectivity index (χ0v) is 18.1. The molecule has 1 fully saturated rings. The Morgan fingerprint density at radius 2 is 2.09 bits per heavy atom. The number of fused-ring (bicyclic) bond motifs is 1. The first-order valence-electron chi connectivity index (χ1n) is 10.3. The highest BCUT2D eigenvalue weighted by molar-refractivity contribution is 5.77. The van der Waals surface area contributed by atoms with Crippen molar-refractivity contribution in [3.05, 3.63) is 16.2 Å². The molecule has 1 unspecified atom stereocenters. The van der Waals surface area contributed by atoms with Crippen molar-refractivity contribution in [2.24, 2.45) is 7.05 Å². The molecule has 12 heteroatoms. The molecule has 1 aliphatic heterocycles. The quantitative estimate of drug-likeness (QED) is 0.520. The number of carbonyl (C=O) groups excluding carboxylic acids is 1. The highest BCUT2D eigenvalue weighted by Gasteiger charge is 2.44. The third-order valence-electron chi connectivity index (χ3n) is 5.15. The lowest BCUT2D eigenvalue weighted by Gasteiger charge is -2.36. The molecule has 9 nitrogen and oxygen atoms in total. The van der Waals surface area contributed by atoms with Crippen LogP contribution in [0.1, 0.15) is 32.5 Å². The van der Waals surface area contributed by atoms with Crippen LogP contribution >= 0.6 is 0 Å². The highest BCUT2D eigenvalue weighted by atomic mass is 19.4. The third kappa shape index (κ3) is 4.72. The number of anilines is 1. The van der Waals surface area contributed by atoms with Crippen molar-refractivity contribution in [3.8, 4) is 11.8 Å². The van der Waals surface area contributed by atoms with Gasteiger partial charge >= 0.3 is 12.1 Å². The topological polar surface area (TPSA) is 94.3 Å². The van der Waals surface area contributed by atoms with Crippen molar-refractivity contribution in [1.82, 2.24) is 24.4 Å². The van der Waals surface area contributed by atoms with Gasteiger partial charge in [-0.3, -0.25) is 13.9 Å². The summed E-state index contributed by atoms with van der Waals surface area (Å²) in [6.45, 7) is 4.35. The number of rotatable bonds is 6. The molecule has 2 aromatic heterocycles. The fourth-order valence-electron chi connectivity index (χ4n) is 3.48. The first-order chi connectivity index (χ1) is 15.2. The lowest BCUT2D eigenvalue weighted by Crippen LogP contribution is -2.55. The average molecular weight is 454 g/mol. The van der Waals surface area contributed by atoms with Crippen LogP contribution in [0.25, 0.3) is 11.2 Å². The Labute approximate surface area is 182 Å². The molecule has 3 rings (SSSR count). The molecule has 0 aromatic carbocycles. The van der Waals surface area contributed by atoms with E-state index in [9.17, 15) is 22.8 Å². The van der Waals surface area contributed by atoms with Gasteiger partial charge in [-0.15, -0.1) is 5.92 Å². The maximum atomic E-state index is 13.1. The molecule has 1 atom stereocenters. The number of nitrogens with zero attached hydrogens (tertiary/aromatic N) is 5. The minimum Gasteiger partial charge on any atom is -0.433 e. The van der Waals surface area contributed by atoms with Crippen molar-refractivity contribution < 1.29 is 22.7 Å². The van der Waals surface area contributed by atoms with E-state index in [0.29, 0.717) is 18.8 Å². The molecule has 1 saturated heterocycles. The van der Waals surface area contributed by atoms with Gasteiger partial charge in [0, 0.05) is 26.6 Å². The van der Waals surface area contributed by atoms with Crippen LogP contribution in [0.4, 0.5) is 19.1 Å². The summed E-state index contributed by atoms with van der Waals surface area (Å²) in [6.07, 6.45) is -4.02. The number of halogens is 3. The summed E-state index contributed by atoms with van der Waals surface area (Å²) in [6, 6.07) is 0. The van der Waals surface area contributed by atoms with Gasteiger partial charge in [-0.1, -0.05) is 19.3 Å². The van der Waals surface area contributed by atoms with Crippen molar-refractivity contribution in [3.63, 3.8) is 0 Å². The molecule has 0 bridgehead atoms. The number of aryl methyl sites for hydroxylation is 1. The first kappa shape index (κ1) is 23.6. The van der Waals surface area contributed by atoms with Crippen molar-refractivity contribution in [2.45, 2.75) is 52.1 Å². The Morgan fingerprint density at radius 1 is 1.34 bits per heavy atom. The van der Waals surface area contributed by atoms with Crippen LogP contribution in [-0.4, -0.2) is 57.1 Å². The number of unbranched alkanes of at least 4 members (excludes halogenated alkanes) is 1. The summed E-state index contributed by atoms with van der Waals surface area (Å²) >= 11 is 0. The van der Waals surface area contributed by atoms with E-state index in [1.165, 1.54) is 14.0 Å². The van der Waals surface area contributed by atoms with E-state index < -0.39 is 18.4 Å². The van der Waals surface area contributed by atoms with E-state index in [-0.39, 0.29) is 42.3 Å². The zero-order valence-electron chi connectivity index (χ0n) is 18.1. The number of piperazine rings is 1. The van der Waals surface area contributed by atoms with Gasteiger partial charge in [0.2, 0.25) is 5.95 Å². The number of hydrogen-bond donors (Lipinski definition) is 1. The van der Waals surface area contributed by atoms with E-state index in [0.717, 1.165) is 12.8 Å². The summed E-state index contributed by atoms with van der Waals surface area (Å²) in [5, 5.41) is 2.91. The molecule has 1 N–H and O–H groups in total. The molecule has 3 heterocycles. The molecule has 0 spiro atoms. The predicted molar refractivity (Wildman–Crippen MR) is 111 cm³/mol. The Kier molecular flexibility index (Phi) is 7.08. The van der Waals surface area contributed by atoms with Gasteiger partial charge < -0.3 is 15.0 Å². The van der Waals surface area contributed by atoms with Crippen LogP contribution < -0.4 is 15.8 Å². The summed E-state index contributed by atoms with van der Waals surface area (Å²) < 4.78 is 46.0. The molecule has 1 aliphatic rings. The van der Waals surface area contributed by atoms with Gasteiger partial charge in [0.1, 0.15) is 5.82 Å². The van der Waals surface area contributed by atoms with Crippen molar-refractivity contribution >= 4 is 23.1 Å². The largest absolute Gasteiger partial charge is 0.491 e. The van der Waals surface area contributed by atoms with E-state index in [1.807, 2.05) is 6.92 Å². The van der Waals surface area contributed by atoms with Gasteiger partial charge in [0.05, 0.1) is 13.1 Å². The lowest BCUT2D eigenvalue weighted by atomic mass is 10.2. The smallest absolute Gasteiger partial charge is 0.433 e. The van der Waals surface area contributed by atoms with Gasteiger partial charge in [-0.25, -0.2) is 9.78 Å². The van der Waals surface area contributed by atoms with Crippen LogP contribution in [0.15, 0.2) is 4.79 Å². The maximum Gasteiger partial charge on any atom is 0.491 e. The molecular formula is C20H25F3N6O3. The fraction of sp³-hybridized carbons (Fsp3) is 0.600. The molecule has 0 amide bonds. The van der Waals surface area contributed by atoms with Gasteiger partial charge in [0.15, 0.2) is 17.4 Å². The normalized spacial score (nSPS) is 16.7. The number of alkyl halides is 3. The Balaban J connectivity index is 2.12. The molecule has 32 heavy (non-hydrogen) atoms. The van der Waals surface area contributed by atoms with Gasteiger partial charge in [-0.2, -0.15) is 18.2 Å². The zero-order chi connectivity index (χ0) is 23.5. The first-order valence-corrected chi connectivity index (χ1v) is 10.3. The lowest BCUT2D eigenvalue weighted by molar-refractivity contribution is -0.205. The summed E-state index contributed by atoms with van der Waals surface area (Å²) in [7, 11) is 1.63. The molecule has 0 radical (unpaired) electrons. The third-order valence-corrected chi connectivity index (χ3v) is 5.15. The minimum atomic E-state index is -5.12. The second kappa shape index (κ2) is 9.60. The summed E-state index contributed by atoms with van der Waals surface area (Å²) in [5.41, 5.74) is 0.0631. The van der Waals surface area contributed by atoms with Gasteiger partial charge in [-0.05, 0) is 13.3 Å². The maximum absolute atomic E-state index is 13.1. The Morgan fingerprint density at radius 3 is 2.75 bits per heavy atom. The molecular weight excluding hydrogens is 429 g/mol. The van der Waals surface area contributed by atoms with E-state index >= 15 is 0 Å². The Bertz CT molecular complexity index is 1110. The van der Waals surface area contributed by atoms with Crippen LogP contribution in [0.2, 0.25) is 0 Å². The summed E-state index contributed by atoms with van der Waals surface area (Å²) in [5.74, 6) is 4.07.